The van der Waals surface area contributed by atoms with Gasteiger partial charge in [0.05, 0.1) is 6.10 Å². The van der Waals surface area contributed by atoms with Gasteiger partial charge in [0, 0.05) is 0 Å². The molecule has 0 fully saturated rings. The van der Waals surface area contributed by atoms with E-state index in [1.165, 1.54) is 5.56 Å². The van der Waals surface area contributed by atoms with Crippen molar-refractivity contribution in [2.45, 2.75) is 32.3 Å². The summed E-state index contributed by atoms with van der Waals surface area (Å²) in [6.07, 6.45) is 4.80. The molecule has 0 aliphatic carbocycles. The summed E-state index contributed by atoms with van der Waals surface area (Å²) in [5.41, 5.74) is 2.37. The molecule has 0 bridgehead atoms. The average molecular weight is 224 g/mol. The number of aliphatic hydroxyl groups excluding tert-OH is 1. The molecule has 1 aromatic carbocycles. The van der Waals surface area contributed by atoms with Crippen molar-refractivity contribution in [3.05, 3.63) is 35.4 Å². The lowest BCUT2D eigenvalue weighted by Gasteiger charge is -2.11. The van der Waals surface area contributed by atoms with Crippen LogP contribution in [0.1, 0.15) is 37.0 Å². The first-order chi connectivity index (χ1) is 7.27. The van der Waals surface area contributed by atoms with E-state index in [0.29, 0.717) is 0 Å². The van der Waals surface area contributed by atoms with Gasteiger partial charge in [-0.3, -0.25) is 0 Å². The molecule has 0 radical (unpaired) electrons. The zero-order valence-corrected chi connectivity index (χ0v) is 10.4. The molecule has 0 spiro atoms. The highest BCUT2D eigenvalue weighted by Crippen LogP contribution is 2.20. The first-order valence-corrected chi connectivity index (χ1v) is 6.93. The number of benzene rings is 1. The van der Waals surface area contributed by atoms with E-state index >= 15 is 0 Å². The van der Waals surface area contributed by atoms with Gasteiger partial charge in [-0.2, -0.15) is 11.8 Å². The van der Waals surface area contributed by atoms with E-state index < -0.39 is 0 Å². The van der Waals surface area contributed by atoms with Crippen LogP contribution in [0.4, 0.5) is 0 Å². The molecule has 15 heavy (non-hydrogen) atoms. The largest absolute Gasteiger partial charge is 0.388 e. The summed E-state index contributed by atoms with van der Waals surface area (Å²) in [5, 5.41) is 9.96. The van der Waals surface area contributed by atoms with E-state index in [2.05, 4.69) is 25.3 Å². The van der Waals surface area contributed by atoms with Crippen LogP contribution >= 0.6 is 11.8 Å². The monoisotopic (exact) mass is 224 g/mol. The molecule has 1 atom stereocenters. The van der Waals surface area contributed by atoms with Gasteiger partial charge < -0.3 is 5.11 Å². The van der Waals surface area contributed by atoms with Crippen LogP contribution in [0.25, 0.3) is 0 Å². The molecule has 0 aliphatic rings. The van der Waals surface area contributed by atoms with E-state index in [1.807, 2.05) is 23.9 Å². The fraction of sp³-hybridized carbons (Fsp3) is 0.538. The summed E-state index contributed by atoms with van der Waals surface area (Å²) in [4.78, 5) is 0. The van der Waals surface area contributed by atoms with E-state index in [0.717, 1.165) is 30.6 Å². The average Bonchev–Trinajstić information content (AvgIpc) is 2.29. The quantitative estimate of drug-likeness (QED) is 0.747. The molecule has 84 valence electrons. The van der Waals surface area contributed by atoms with Gasteiger partial charge in [-0.25, -0.2) is 0 Å². The Kier molecular flexibility index (Phi) is 5.81. The van der Waals surface area contributed by atoms with Crippen LogP contribution in [0.2, 0.25) is 0 Å². The van der Waals surface area contributed by atoms with E-state index in [4.69, 9.17) is 0 Å². The normalized spacial score (nSPS) is 12.7. The van der Waals surface area contributed by atoms with Crippen molar-refractivity contribution >= 4 is 11.8 Å². The first kappa shape index (κ1) is 12.6. The molecule has 1 unspecified atom stereocenters. The highest BCUT2D eigenvalue weighted by molar-refractivity contribution is 7.98. The molecule has 1 nitrogen and oxygen atoms in total. The highest BCUT2D eigenvalue weighted by atomic mass is 32.2. The summed E-state index contributed by atoms with van der Waals surface area (Å²) in [6.45, 7) is 2.14. The Morgan fingerprint density at radius 1 is 1.40 bits per heavy atom. The van der Waals surface area contributed by atoms with Crippen molar-refractivity contribution in [2.24, 2.45) is 0 Å². The number of aliphatic hydroxyl groups is 1. The van der Waals surface area contributed by atoms with Crippen molar-refractivity contribution in [1.82, 2.24) is 0 Å². The molecule has 0 saturated carbocycles. The minimum Gasteiger partial charge on any atom is -0.388 e. The van der Waals surface area contributed by atoms with Gasteiger partial charge in [0.15, 0.2) is 0 Å². The van der Waals surface area contributed by atoms with Crippen LogP contribution in [0.3, 0.4) is 0 Å². The van der Waals surface area contributed by atoms with Gasteiger partial charge in [0.2, 0.25) is 0 Å². The molecule has 0 heterocycles. The Morgan fingerprint density at radius 2 is 2.20 bits per heavy atom. The molecule has 1 aromatic rings. The number of aryl methyl sites for hydroxylation is 1. The van der Waals surface area contributed by atoms with Gasteiger partial charge in [-0.05, 0) is 42.4 Å². The lowest BCUT2D eigenvalue weighted by atomic mass is 10.0. The Bertz CT molecular complexity index is 286. The van der Waals surface area contributed by atoms with Crippen molar-refractivity contribution < 1.29 is 5.11 Å². The van der Waals surface area contributed by atoms with Crippen LogP contribution in [0.5, 0.6) is 0 Å². The molecule has 0 aromatic heterocycles. The Labute approximate surface area is 96.9 Å². The van der Waals surface area contributed by atoms with Crippen LogP contribution in [0, 0.1) is 0 Å². The van der Waals surface area contributed by atoms with Gasteiger partial charge in [0.1, 0.15) is 0 Å². The van der Waals surface area contributed by atoms with Crippen molar-refractivity contribution in [2.75, 3.05) is 12.0 Å². The maximum absolute atomic E-state index is 9.96. The zero-order chi connectivity index (χ0) is 11.1. The molecular formula is C13H20OS. The number of thioether (sulfide) groups is 1. The fourth-order valence-corrected chi connectivity index (χ4v) is 2.06. The molecule has 0 amide bonds. The highest BCUT2D eigenvalue weighted by Gasteiger charge is 2.06. The fourth-order valence-electron chi connectivity index (χ4n) is 1.61. The van der Waals surface area contributed by atoms with Crippen molar-refractivity contribution in [3.8, 4) is 0 Å². The third-order valence-corrected chi connectivity index (χ3v) is 3.27. The summed E-state index contributed by atoms with van der Waals surface area (Å²) in [5.74, 6) is 1.13. The van der Waals surface area contributed by atoms with E-state index in [-0.39, 0.29) is 6.10 Å². The van der Waals surface area contributed by atoms with E-state index in [9.17, 15) is 5.11 Å². The maximum Gasteiger partial charge on any atom is 0.0790 e. The van der Waals surface area contributed by atoms with Crippen LogP contribution in [-0.4, -0.2) is 17.1 Å². The second-order valence-corrected chi connectivity index (χ2v) is 4.74. The number of hydrogen-bond donors (Lipinski definition) is 1. The Hall–Kier alpha value is -0.470. The standard InChI is InChI=1S/C13H20OS/c1-3-11-6-4-7-12(10-11)13(14)8-5-9-15-2/h4,6-7,10,13-14H,3,5,8-9H2,1-2H3. The third kappa shape index (κ3) is 4.27. The SMILES string of the molecule is CCc1cccc(C(O)CCCSC)c1. The van der Waals surface area contributed by atoms with Gasteiger partial charge in [0.25, 0.3) is 0 Å². The Morgan fingerprint density at radius 3 is 2.87 bits per heavy atom. The maximum atomic E-state index is 9.96. The number of hydrogen-bond acceptors (Lipinski definition) is 2. The second-order valence-electron chi connectivity index (χ2n) is 3.75. The molecule has 1 rings (SSSR count). The minimum absolute atomic E-state index is 0.288. The molecule has 2 heteroatoms. The van der Waals surface area contributed by atoms with Crippen molar-refractivity contribution in [3.63, 3.8) is 0 Å². The van der Waals surface area contributed by atoms with Gasteiger partial charge in [-0.1, -0.05) is 31.2 Å². The summed E-state index contributed by atoms with van der Waals surface area (Å²) in [6, 6.07) is 8.27. The lowest BCUT2D eigenvalue weighted by Crippen LogP contribution is -1.98. The van der Waals surface area contributed by atoms with Gasteiger partial charge >= 0.3 is 0 Å². The predicted molar refractivity (Wildman–Crippen MR) is 68.4 cm³/mol. The third-order valence-electron chi connectivity index (χ3n) is 2.57. The predicted octanol–water partition coefficient (Wildman–Crippen LogP) is 3.43. The smallest absolute Gasteiger partial charge is 0.0790 e. The van der Waals surface area contributed by atoms with Gasteiger partial charge in [-0.15, -0.1) is 0 Å². The van der Waals surface area contributed by atoms with Crippen LogP contribution in [-0.2, 0) is 6.42 Å². The Balaban J connectivity index is 2.52. The van der Waals surface area contributed by atoms with E-state index in [1.54, 1.807) is 0 Å². The molecule has 0 saturated heterocycles. The summed E-state index contributed by atoms with van der Waals surface area (Å²) < 4.78 is 0. The van der Waals surface area contributed by atoms with Crippen LogP contribution in [0.15, 0.2) is 24.3 Å². The zero-order valence-electron chi connectivity index (χ0n) is 9.57. The topological polar surface area (TPSA) is 20.2 Å². The molecular weight excluding hydrogens is 204 g/mol. The molecule has 1 N–H and O–H groups in total. The number of rotatable bonds is 6. The summed E-state index contributed by atoms with van der Waals surface area (Å²) in [7, 11) is 0. The molecule has 0 aliphatic heterocycles. The van der Waals surface area contributed by atoms with Crippen LogP contribution < -0.4 is 0 Å². The lowest BCUT2D eigenvalue weighted by molar-refractivity contribution is 0.167. The minimum atomic E-state index is -0.288. The second kappa shape index (κ2) is 6.91. The first-order valence-electron chi connectivity index (χ1n) is 5.53. The summed E-state index contributed by atoms with van der Waals surface area (Å²) >= 11 is 1.84. The van der Waals surface area contributed by atoms with Crippen molar-refractivity contribution in [1.29, 1.82) is 0 Å².